The van der Waals surface area contributed by atoms with Crippen LogP contribution in [0.4, 0.5) is 5.69 Å². The van der Waals surface area contributed by atoms with Crippen LogP contribution < -0.4 is 4.90 Å². The van der Waals surface area contributed by atoms with E-state index in [2.05, 4.69) is 23.7 Å². The van der Waals surface area contributed by atoms with Gasteiger partial charge in [0.25, 0.3) is 0 Å². The molecule has 0 atom stereocenters. The minimum atomic E-state index is 0.251. The first-order valence-electron chi connectivity index (χ1n) is 5.06. The zero-order valence-corrected chi connectivity index (χ0v) is 8.90. The number of rotatable bonds is 5. The van der Waals surface area contributed by atoms with Crippen LogP contribution >= 0.6 is 0 Å². The molecule has 0 aliphatic heterocycles. The van der Waals surface area contributed by atoms with E-state index in [1.165, 1.54) is 11.3 Å². The fraction of sp³-hybridized carbons (Fsp3) is 0.545. The van der Waals surface area contributed by atoms with Crippen molar-refractivity contribution in [2.45, 2.75) is 20.3 Å². The zero-order chi connectivity index (χ0) is 10.4. The molecule has 0 spiro atoms. The zero-order valence-electron chi connectivity index (χ0n) is 8.90. The molecule has 3 nitrogen and oxygen atoms in total. The number of pyridine rings is 1. The summed E-state index contributed by atoms with van der Waals surface area (Å²) in [7, 11) is 0. The van der Waals surface area contributed by atoms with E-state index in [-0.39, 0.29) is 6.61 Å². The molecule has 3 heteroatoms. The summed E-state index contributed by atoms with van der Waals surface area (Å²) in [5, 5.41) is 8.79. The highest BCUT2D eigenvalue weighted by Gasteiger charge is 2.05. The molecule has 0 aromatic carbocycles. The van der Waals surface area contributed by atoms with Crippen molar-refractivity contribution in [1.82, 2.24) is 4.98 Å². The number of aromatic nitrogens is 1. The maximum Gasteiger partial charge on any atom is 0.0447 e. The Hall–Kier alpha value is -1.09. The molecule has 0 aliphatic rings. The van der Waals surface area contributed by atoms with Crippen molar-refractivity contribution in [2.24, 2.45) is 0 Å². The minimum absolute atomic E-state index is 0.251. The Morgan fingerprint density at radius 2 is 2.29 bits per heavy atom. The van der Waals surface area contributed by atoms with E-state index >= 15 is 0 Å². The van der Waals surface area contributed by atoms with E-state index in [1.807, 2.05) is 18.5 Å². The maximum atomic E-state index is 8.79. The quantitative estimate of drug-likeness (QED) is 0.773. The van der Waals surface area contributed by atoms with E-state index in [4.69, 9.17) is 5.11 Å². The van der Waals surface area contributed by atoms with Crippen LogP contribution in [0.3, 0.4) is 0 Å². The first kappa shape index (κ1) is 11.0. The second-order valence-corrected chi connectivity index (χ2v) is 3.32. The van der Waals surface area contributed by atoms with Crippen LogP contribution in [0.1, 0.15) is 18.9 Å². The molecule has 0 amide bonds. The smallest absolute Gasteiger partial charge is 0.0447 e. The Kier molecular flexibility index (Phi) is 4.40. The topological polar surface area (TPSA) is 36.4 Å². The molecule has 0 unspecified atom stereocenters. The monoisotopic (exact) mass is 194 g/mol. The standard InChI is InChI=1S/C11H18N2O/c1-3-13(7-4-8-14)11-5-6-12-9-10(11)2/h5-6,9,14H,3-4,7-8H2,1-2H3. The molecule has 0 aliphatic carbocycles. The van der Waals surface area contributed by atoms with Gasteiger partial charge >= 0.3 is 0 Å². The third-order valence-corrected chi connectivity index (χ3v) is 2.30. The van der Waals surface area contributed by atoms with Gasteiger partial charge in [-0.05, 0) is 31.9 Å². The molecule has 1 rings (SSSR count). The second-order valence-electron chi connectivity index (χ2n) is 3.32. The SMILES string of the molecule is CCN(CCCO)c1ccncc1C. The lowest BCUT2D eigenvalue weighted by Gasteiger charge is -2.24. The highest BCUT2D eigenvalue weighted by molar-refractivity contribution is 5.51. The fourth-order valence-corrected chi connectivity index (χ4v) is 1.53. The summed E-state index contributed by atoms with van der Waals surface area (Å²) < 4.78 is 0. The van der Waals surface area contributed by atoms with Gasteiger partial charge in [0.2, 0.25) is 0 Å². The van der Waals surface area contributed by atoms with Crippen LogP contribution in [0.5, 0.6) is 0 Å². The average Bonchev–Trinajstić information content (AvgIpc) is 2.21. The Balaban J connectivity index is 2.73. The first-order chi connectivity index (χ1) is 6.79. The van der Waals surface area contributed by atoms with Crippen molar-refractivity contribution in [3.05, 3.63) is 24.0 Å². The first-order valence-corrected chi connectivity index (χ1v) is 5.06. The van der Waals surface area contributed by atoms with Crippen LogP contribution in [0.2, 0.25) is 0 Å². The molecule has 0 saturated heterocycles. The van der Waals surface area contributed by atoms with Crippen LogP contribution in [-0.2, 0) is 0 Å². The molecule has 0 radical (unpaired) electrons. The van der Waals surface area contributed by atoms with E-state index in [9.17, 15) is 0 Å². The van der Waals surface area contributed by atoms with Gasteiger partial charge in [0, 0.05) is 37.8 Å². The molecule has 0 fully saturated rings. The van der Waals surface area contributed by atoms with Crippen LogP contribution in [-0.4, -0.2) is 29.8 Å². The lowest BCUT2D eigenvalue weighted by Crippen LogP contribution is -2.25. The summed E-state index contributed by atoms with van der Waals surface area (Å²) in [4.78, 5) is 6.32. The van der Waals surface area contributed by atoms with Gasteiger partial charge in [-0.3, -0.25) is 4.98 Å². The number of aliphatic hydroxyl groups is 1. The molecule has 78 valence electrons. The largest absolute Gasteiger partial charge is 0.396 e. The van der Waals surface area contributed by atoms with Crippen molar-refractivity contribution in [1.29, 1.82) is 0 Å². The minimum Gasteiger partial charge on any atom is -0.396 e. The number of hydrogen-bond acceptors (Lipinski definition) is 3. The molecule has 1 aromatic rings. The van der Waals surface area contributed by atoms with Gasteiger partial charge < -0.3 is 10.0 Å². The third-order valence-electron chi connectivity index (χ3n) is 2.30. The lowest BCUT2D eigenvalue weighted by atomic mass is 10.2. The van der Waals surface area contributed by atoms with Gasteiger partial charge in [-0.1, -0.05) is 0 Å². The highest BCUT2D eigenvalue weighted by atomic mass is 16.3. The normalized spacial score (nSPS) is 10.2. The Morgan fingerprint density at radius 1 is 1.50 bits per heavy atom. The number of aryl methyl sites for hydroxylation is 1. The van der Waals surface area contributed by atoms with Gasteiger partial charge in [0.1, 0.15) is 0 Å². The van der Waals surface area contributed by atoms with Crippen LogP contribution in [0, 0.1) is 6.92 Å². The Bertz CT molecular complexity index is 276. The molecule has 1 N–H and O–H groups in total. The molecular formula is C11H18N2O. The molecule has 0 saturated carbocycles. The van der Waals surface area contributed by atoms with Crippen molar-refractivity contribution in [2.75, 3.05) is 24.6 Å². The second kappa shape index (κ2) is 5.60. The van der Waals surface area contributed by atoms with Crippen LogP contribution in [0.25, 0.3) is 0 Å². The predicted molar refractivity (Wildman–Crippen MR) is 58.6 cm³/mol. The molecular weight excluding hydrogens is 176 g/mol. The van der Waals surface area contributed by atoms with Gasteiger partial charge in [0.05, 0.1) is 0 Å². The van der Waals surface area contributed by atoms with Gasteiger partial charge in [0.15, 0.2) is 0 Å². The highest BCUT2D eigenvalue weighted by Crippen LogP contribution is 2.17. The van der Waals surface area contributed by atoms with Gasteiger partial charge in [-0.2, -0.15) is 0 Å². The summed E-state index contributed by atoms with van der Waals surface area (Å²) >= 11 is 0. The summed E-state index contributed by atoms with van der Waals surface area (Å²) in [6, 6.07) is 2.02. The van der Waals surface area contributed by atoms with Crippen LogP contribution in [0.15, 0.2) is 18.5 Å². The summed E-state index contributed by atoms with van der Waals surface area (Å²) in [6.45, 7) is 6.30. The van der Waals surface area contributed by atoms with Crippen molar-refractivity contribution >= 4 is 5.69 Å². The van der Waals surface area contributed by atoms with E-state index in [0.717, 1.165) is 19.5 Å². The van der Waals surface area contributed by atoms with Gasteiger partial charge in [-0.15, -0.1) is 0 Å². The van der Waals surface area contributed by atoms with Crippen molar-refractivity contribution < 1.29 is 5.11 Å². The molecule has 0 bridgehead atoms. The van der Waals surface area contributed by atoms with Crippen molar-refractivity contribution in [3.8, 4) is 0 Å². The Morgan fingerprint density at radius 3 is 2.86 bits per heavy atom. The summed E-state index contributed by atoms with van der Waals surface area (Å²) in [6.07, 6.45) is 4.50. The Labute approximate surface area is 85.4 Å². The molecule has 1 heterocycles. The molecule has 14 heavy (non-hydrogen) atoms. The third kappa shape index (κ3) is 2.70. The number of aliphatic hydroxyl groups excluding tert-OH is 1. The maximum absolute atomic E-state index is 8.79. The number of hydrogen-bond donors (Lipinski definition) is 1. The number of nitrogens with zero attached hydrogens (tertiary/aromatic N) is 2. The van der Waals surface area contributed by atoms with Crippen molar-refractivity contribution in [3.63, 3.8) is 0 Å². The summed E-state index contributed by atoms with van der Waals surface area (Å²) in [5.41, 5.74) is 2.41. The predicted octanol–water partition coefficient (Wildman–Crippen LogP) is 1.60. The van der Waals surface area contributed by atoms with E-state index in [0.29, 0.717) is 0 Å². The number of anilines is 1. The molecule has 1 aromatic heterocycles. The lowest BCUT2D eigenvalue weighted by molar-refractivity contribution is 0.289. The fourth-order valence-electron chi connectivity index (χ4n) is 1.53. The van der Waals surface area contributed by atoms with E-state index in [1.54, 1.807) is 0 Å². The van der Waals surface area contributed by atoms with Gasteiger partial charge in [-0.25, -0.2) is 0 Å². The summed E-state index contributed by atoms with van der Waals surface area (Å²) in [5.74, 6) is 0. The van der Waals surface area contributed by atoms with E-state index < -0.39 is 0 Å². The average molecular weight is 194 g/mol.